The molecule has 2 fully saturated rings. The molecule has 2 heteroatoms. The minimum atomic E-state index is -0.466. The first-order valence-corrected chi connectivity index (χ1v) is 11.8. The first-order chi connectivity index (χ1) is 11.7. The van der Waals surface area contributed by atoms with Gasteiger partial charge in [0, 0.05) is 0 Å². The van der Waals surface area contributed by atoms with Crippen molar-refractivity contribution in [3.05, 3.63) is 0 Å². The van der Waals surface area contributed by atoms with Crippen molar-refractivity contribution in [2.75, 3.05) is 0 Å². The van der Waals surface area contributed by atoms with Gasteiger partial charge in [0.05, 0.1) is 0 Å². The summed E-state index contributed by atoms with van der Waals surface area (Å²) in [5, 5.41) is 0. The summed E-state index contributed by atoms with van der Waals surface area (Å²) in [6.45, 7) is 2.29. The fourth-order valence-electron chi connectivity index (χ4n) is 5.21. The molecular weight excluding hydrogens is 335 g/mol. The highest BCUT2D eigenvalue weighted by atomic mass is 35.5. The van der Waals surface area contributed by atoms with E-state index in [0.29, 0.717) is 11.8 Å². The molecule has 0 spiro atoms. The zero-order valence-corrected chi connectivity index (χ0v) is 17.5. The van der Waals surface area contributed by atoms with Crippen LogP contribution < -0.4 is 0 Å². The molecule has 0 aromatic heterocycles. The van der Waals surface area contributed by atoms with Gasteiger partial charge < -0.3 is 0 Å². The van der Waals surface area contributed by atoms with Gasteiger partial charge in [0.15, 0.2) is 0 Å². The number of alkyl halides is 2. The van der Waals surface area contributed by atoms with Crippen molar-refractivity contribution < 1.29 is 0 Å². The molecule has 1 atom stereocenters. The molecule has 0 amide bonds. The second-order valence-corrected chi connectivity index (χ2v) is 10.0. The summed E-state index contributed by atoms with van der Waals surface area (Å²) >= 11 is 14.3. The van der Waals surface area contributed by atoms with E-state index in [4.69, 9.17) is 23.2 Å². The summed E-state index contributed by atoms with van der Waals surface area (Å²) < 4.78 is -0.466. The summed E-state index contributed by atoms with van der Waals surface area (Å²) in [5.41, 5.74) is 0. The molecule has 0 saturated heterocycles. The highest BCUT2D eigenvalue weighted by Crippen LogP contribution is 2.51. The van der Waals surface area contributed by atoms with Crippen LogP contribution in [0.25, 0.3) is 0 Å². The largest absolute Gasteiger partial charge is 0.124 e. The van der Waals surface area contributed by atoms with Crippen LogP contribution in [0.15, 0.2) is 0 Å². The van der Waals surface area contributed by atoms with Gasteiger partial charge in [-0.05, 0) is 37.0 Å². The van der Waals surface area contributed by atoms with E-state index in [9.17, 15) is 0 Å². The predicted octanol–water partition coefficient (Wildman–Crippen LogP) is 8.69. The van der Waals surface area contributed by atoms with E-state index in [1.165, 1.54) is 109 Å². The molecule has 0 bridgehead atoms. The maximum Gasteiger partial charge on any atom is 0.124 e. The second-order valence-electron chi connectivity index (χ2n) is 8.57. The molecule has 1 unspecified atom stereocenters. The third-order valence-electron chi connectivity index (χ3n) is 6.73. The van der Waals surface area contributed by atoms with Crippen molar-refractivity contribution in [3.63, 3.8) is 0 Å². The van der Waals surface area contributed by atoms with E-state index in [1.807, 2.05) is 0 Å². The topological polar surface area (TPSA) is 0 Å². The van der Waals surface area contributed by atoms with Gasteiger partial charge in [-0.1, -0.05) is 96.8 Å². The molecule has 2 rings (SSSR count). The molecule has 0 radical (unpaired) electrons. The molecule has 142 valence electrons. The van der Waals surface area contributed by atoms with E-state index in [-0.39, 0.29) is 0 Å². The number of rotatable bonds is 10. The Hall–Kier alpha value is 0.580. The van der Waals surface area contributed by atoms with Gasteiger partial charge in [-0.25, -0.2) is 0 Å². The minimum Gasteiger partial charge on any atom is -0.101 e. The normalized spacial score (nSPS) is 22.6. The number of hydrogen-bond donors (Lipinski definition) is 0. The molecule has 0 heterocycles. The average Bonchev–Trinajstić information content (AvgIpc) is 2.62. The van der Waals surface area contributed by atoms with Crippen LogP contribution >= 0.6 is 23.2 Å². The molecule has 2 saturated carbocycles. The Morgan fingerprint density at radius 1 is 0.750 bits per heavy atom. The SMILES string of the molecule is CCCCCCCCC(C1CCCCC1)C(Cl)(Cl)C1CCCCC1. The average molecular weight is 375 g/mol. The quantitative estimate of drug-likeness (QED) is 0.265. The lowest BCUT2D eigenvalue weighted by Gasteiger charge is -2.43. The van der Waals surface area contributed by atoms with E-state index in [2.05, 4.69) is 6.92 Å². The highest BCUT2D eigenvalue weighted by Gasteiger charge is 2.45. The van der Waals surface area contributed by atoms with Gasteiger partial charge in [-0.15, -0.1) is 23.2 Å². The van der Waals surface area contributed by atoms with Crippen LogP contribution in [0.1, 0.15) is 116 Å². The maximum atomic E-state index is 7.14. The Morgan fingerprint density at radius 3 is 1.92 bits per heavy atom. The first-order valence-electron chi connectivity index (χ1n) is 11.0. The van der Waals surface area contributed by atoms with E-state index >= 15 is 0 Å². The van der Waals surface area contributed by atoms with Crippen molar-refractivity contribution in [2.24, 2.45) is 17.8 Å². The van der Waals surface area contributed by atoms with Crippen LogP contribution in [0.5, 0.6) is 0 Å². The van der Waals surface area contributed by atoms with Gasteiger partial charge in [-0.3, -0.25) is 0 Å². The van der Waals surface area contributed by atoms with Gasteiger partial charge in [0.1, 0.15) is 4.33 Å². The van der Waals surface area contributed by atoms with Gasteiger partial charge in [-0.2, -0.15) is 0 Å². The monoisotopic (exact) mass is 374 g/mol. The smallest absolute Gasteiger partial charge is 0.101 e. The molecule has 24 heavy (non-hydrogen) atoms. The lowest BCUT2D eigenvalue weighted by Crippen LogP contribution is -2.40. The third-order valence-corrected chi connectivity index (χ3v) is 7.91. The molecule has 0 aromatic rings. The molecule has 2 aliphatic carbocycles. The fourth-order valence-corrected chi connectivity index (χ4v) is 6.22. The Kier molecular flexibility index (Phi) is 9.86. The van der Waals surface area contributed by atoms with E-state index in [0.717, 1.165) is 5.92 Å². The maximum absolute atomic E-state index is 7.14. The Morgan fingerprint density at radius 2 is 1.29 bits per heavy atom. The summed E-state index contributed by atoms with van der Waals surface area (Å²) in [6.07, 6.45) is 23.0. The van der Waals surface area contributed by atoms with Crippen molar-refractivity contribution in [1.29, 1.82) is 0 Å². The summed E-state index contributed by atoms with van der Waals surface area (Å²) in [7, 11) is 0. The molecule has 0 aliphatic heterocycles. The van der Waals surface area contributed by atoms with Crippen molar-refractivity contribution in [3.8, 4) is 0 Å². The van der Waals surface area contributed by atoms with Crippen LogP contribution in [-0.2, 0) is 0 Å². The van der Waals surface area contributed by atoms with Gasteiger partial charge in [0.25, 0.3) is 0 Å². The number of hydrogen-bond acceptors (Lipinski definition) is 0. The van der Waals surface area contributed by atoms with Crippen molar-refractivity contribution >= 4 is 23.2 Å². The fraction of sp³-hybridized carbons (Fsp3) is 1.00. The standard InChI is InChI=1S/C22H40Cl2/c1-2-3-4-5-6-13-18-21(19-14-9-7-10-15-19)22(23,24)20-16-11-8-12-17-20/h19-21H,2-18H2,1H3. The van der Waals surface area contributed by atoms with Crippen molar-refractivity contribution in [2.45, 2.75) is 120 Å². The molecule has 0 nitrogen and oxygen atoms in total. The minimum absolute atomic E-state index is 0.466. The highest BCUT2D eigenvalue weighted by molar-refractivity contribution is 6.48. The summed E-state index contributed by atoms with van der Waals surface area (Å²) in [6, 6.07) is 0. The zero-order valence-electron chi connectivity index (χ0n) is 16.0. The first kappa shape index (κ1) is 20.9. The predicted molar refractivity (Wildman–Crippen MR) is 109 cm³/mol. The Balaban J connectivity index is 1.90. The molecule has 0 aromatic carbocycles. The summed E-state index contributed by atoms with van der Waals surface area (Å²) in [5.74, 6) is 1.86. The second kappa shape index (κ2) is 11.3. The lowest BCUT2D eigenvalue weighted by atomic mass is 9.71. The third kappa shape index (κ3) is 6.39. The van der Waals surface area contributed by atoms with Crippen LogP contribution in [0.2, 0.25) is 0 Å². The molecular formula is C22H40Cl2. The van der Waals surface area contributed by atoms with Gasteiger partial charge in [0.2, 0.25) is 0 Å². The van der Waals surface area contributed by atoms with Crippen LogP contribution in [0, 0.1) is 17.8 Å². The Bertz CT molecular complexity index is 314. The Labute approximate surface area is 161 Å². The van der Waals surface area contributed by atoms with Crippen molar-refractivity contribution in [1.82, 2.24) is 0 Å². The number of halogens is 2. The van der Waals surface area contributed by atoms with Crippen LogP contribution in [-0.4, -0.2) is 4.33 Å². The zero-order chi connectivity index (χ0) is 17.3. The molecule has 0 N–H and O–H groups in total. The number of unbranched alkanes of at least 4 members (excludes halogenated alkanes) is 5. The lowest BCUT2D eigenvalue weighted by molar-refractivity contribution is 0.163. The molecule has 2 aliphatic rings. The van der Waals surface area contributed by atoms with E-state index < -0.39 is 4.33 Å². The van der Waals surface area contributed by atoms with Crippen LogP contribution in [0.3, 0.4) is 0 Å². The van der Waals surface area contributed by atoms with Gasteiger partial charge >= 0.3 is 0 Å². The van der Waals surface area contributed by atoms with E-state index in [1.54, 1.807) is 0 Å². The summed E-state index contributed by atoms with van der Waals surface area (Å²) in [4.78, 5) is 0. The van der Waals surface area contributed by atoms with Crippen LogP contribution in [0.4, 0.5) is 0 Å².